The summed E-state index contributed by atoms with van der Waals surface area (Å²) in [6, 6.07) is 39.1. The van der Waals surface area contributed by atoms with Crippen LogP contribution in [0.4, 0.5) is 0 Å². The normalized spacial score (nSPS) is 21.2. The molecule has 0 radical (unpaired) electrons. The van der Waals surface area contributed by atoms with Crippen molar-refractivity contribution in [3.05, 3.63) is 127 Å². The van der Waals surface area contributed by atoms with E-state index < -0.39 is 30.4 Å². The van der Waals surface area contributed by atoms with E-state index in [-0.39, 0.29) is 47.6 Å². The number of nitrogens with zero attached hydrogens (tertiary/aromatic N) is 1. The molecule has 5 atom stereocenters. The van der Waals surface area contributed by atoms with Crippen molar-refractivity contribution >= 4 is 34.3 Å². The van der Waals surface area contributed by atoms with E-state index in [4.69, 9.17) is 14.0 Å². The Morgan fingerprint density at radius 1 is 0.855 bits per heavy atom. The van der Waals surface area contributed by atoms with Gasteiger partial charge in [-0.15, -0.1) is 0 Å². The summed E-state index contributed by atoms with van der Waals surface area (Å²) in [4.78, 5) is 20.8. The van der Waals surface area contributed by atoms with Gasteiger partial charge in [-0.05, 0) is 65.2 Å². The van der Waals surface area contributed by atoms with E-state index in [1.165, 1.54) is 10.4 Å². The lowest BCUT2D eigenvalue weighted by molar-refractivity contribution is -0.222. The summed E-state index contributed by atoms with van der Waals surface area (Å²) in [6.45, 7) is 7.83. The van der Waals surface area contributed by atoms with Crippen LogP contribution in [0.3, 0.4) is 0 Å². The van der Waals surface area contributed by atoms with Gasteiger partial charge in [0.05, 0.1) is 23.4 Å². The standard InChI is InChI=1S/C45H57NO7SSi/c1-45(2,3)55(38-21-12-6-13-22-38,39-23-14-7-15-24-39)52-31-29-43(48)44-33-36-26-27-40(42(47)28-30-51-34-35-17-8-4-9-18-35)41(46(36)53-44)25-16-32-54(49,50)37-19-10-5-11-20-37/h4-15,17-24,36,40-42,44,47H,16,25-34H2,1-3H3/t36-,40+,41+,42-,44-/m0/s1. The number of aliphatic hydroxyl groups excluding tert-OH is 1. The second kappa shape index (κ2) is 18.6. The third kappa shape index (κ3) is 9.91. The number of hydroxylamine groups is 2. The number of sulfone groups is 1. The average molecular weight is 784 g/mol. The lowest BCUT2D eigenvalue weighted by Crippen LogP contribution is -2.66. The maximum atomic E-state index is 14.0. The molecule has 294 valence electrons. The van der Waals surface area contributed by atoms with Crippen molar-refractivity contribution in [2.45, 2.75) is 107 Å². The van der Waals surface area contributed by atoms with Crippen molar-refractivity contribution < 1.29 is 32.3 Å². The van der Waals surface area contributed by atoms with E-state index >= 15 is 0 Å². The number of ether oxygens (including phenoxy) is 1. The molecule has 0 spiro atoms. The Labute approximate surface area is 328 Å². The molecule has 2 aliphatic rings. The van der Waals surface area contributed by atoms with Gasteiger partial charge in [-0.25, -0.2) is 8.42 Å². The Kier molecular flexibility index (Phi) is 13.9. The number of hydrogen-bond donors (Lipinski definition) is 1. The third-order valence-electron chi connectivity index (χ3n) is 11.4. The van der Waals surface area contributed by atoms with Gasteiger partial charge in [-0.2, -0.15) is 5.06 Å². The van der Waals surface area contributed by atoms with Gasteiger partial charge in [0.15, 0.2) is 15.6 Å². The first-order valence-corrected chi connectivity index (χ1v) is 23.4. The van der Waals surface area contributed by atoms with Crippen LogP contribution in [-0.2, 0) is 35.2 Å². The van der Waals surface area contributed by atoms with Gasteiger partial charge in [0.2, 0.25) is 0 Å². The predicted molar refractivity (Wildman–Crippen MR) is 219 cm³/mol. The minimum absolute atomic E-state index is 0.00301. The second-order valence-corrected chi connectivity index (χ2v) is 22.5. The van der Waals surface area contributed by atoms with E-state index in [9.17, 15) is 18.3 Å². The maximum Gasteiger partial charge on any atom is 0.261 e. The molecule has 8 nitrogen and oxygen atoms in total. The smallest absolute Gasteiger partial charge is 0.261 e. The van der Waals surface area contributed by atoms with Crippen LogP contribution in [0.15, 0.2) is 126 Å². The molecule has 2 fully saturated rings. The molecule has 2 aliphatic heterocycles. The van der Waals surface area contributed by atoms with Gasteiger partial charge in [0.25, 0.3) is 8.32 Å². The molecule has 0 aromatic heterocycles. The number of ketones is 1. The SMILES string of the molecule is CC(C)(C)[Si](OCCC(=O)[C@@H]1C[C@@H]2CC[C@@H]([C@@H](O)CCOCc3ccccc3)[C@@H](CCCS(=O)(=O)c3ccccc3)N2O1)(c1ccccc1)c1ccccc1. The molecule has 2 heterocycles. The number of fused-ring (bicyclic) bond motifs is 1. The molecule has 4 aromatic carbocycles. The molecule has 1 N–H and O–H groups in total. The van der Waals surface area contributed by atoms with Gasteiger partial charge in [0, 0.05) is 44.1 Å². The van der Waals surface area contributed by atoms with Crippen molar-refractivity contribution in [3.8, 4) is 0 Å². The van der Waals surface area contributed by atoms with Crippen molar-refractivity contribution in [1.82, 2.24) is 5.06 Å². The van der Waals surface area contributed by atoms with Crippen molar-refractivity contribution in [1.29, 1.82) is 0 Å². The lowest BCUT2D eigenvalue weighted by atomic mass is 9.79. The zero-order chi connectivity index (χ0) is 38.9. The van der Waals surface area contributed by atoms with E-state index in [0.29, 0.717) is 43.8 Å². The molecule has 0 saturated carbocycles. The van der Waals surface area contributed by atoms with Crippen LogP contribution in [0, 0.1) is 5.92 Å². The van der Waals surface area contributed by atoms with Crippen molar-refractivity contribution in [3.63, 3.8) is 0 Å². The minimum Gasteiger partial charge on any atom is -0.407 e. The molecule has 2 saturated heterocycles. The fourth-order valence-corrected chi connectivity index (χ4v) is 14.5. The highest BCUT2D eigenvalue weighted by Gasteiger charge is 2.51. The molecule has 0 aliphatic carbocycles. The van der Waals surface area contributed by atoms with Gasteiger partial charge >= 0.3 is 0 Å². The van der Waals surface area contributed by atoms with Crippen LogP contribution >= 0.6 is 0 Å². The first kappa shape index (κ1) is 41.2. The quantitative estimate of drug-likeness (QED) is 0.0860. The van der Waals surface area contributed by atoms with E-state index in [2.05, 4.69) is 69.3 Å². The molecule has 0 amide bonds. The number of rotatable bonds is 18. The lowest BCUT2D eigenvalue weighted by Gasteiger charge is -2.43. The van der Waals surface area contributed by atoms with E-state index in [0.717, 1.165) is 18.4 Å². The van der Waals surface area contributed by atoms with Gasteiger partial charge in [-0.1, -0.05) is 130 Å². The largest absolute Gasteiger partial charge is 0.407 e. The van der Waals surface area contributed by atoms with Crippen LogP contribution in [0.2, 0.25) is 5.04 Å². The van der Waals surface area contributed by atoms with Crippen molar-refractivity contribution in [2.24, 2.45) is 5.92 Å². The van der Waals surface area contributed by atoms with Crippen molar-refractivity contribution in [2.75, 3.05) is 19.0 Å². The summed E-state index contributed by atoms with van der Waals surface area (Å²) < 4.78 is 39.4. The topological polar surface area (TPSA) is 102 Å². The second-order valence-electron chi connectivity index (χ2n) is 16.0. The van der Waals surface area contributed by atoms with Gasteiger partial charge in [-0.3, -0.25) is 9.63 Å². The molecule has 10 heteroatoms. The highest BCUT2D eigenvalue weighted by atomic mass is 32.2. The average Bonchev–Trinajstić information content (AvgIpc) is 3.64. The fraction of sp³-hybridized carbons (Fsp3) is 0.444. The summed E-state index contributed by atoms with van der Waals surface area (Å²) >= 11 is 0. The van der Waals surface area contributed by atoms with Gasteiger partial charge < -0.3 is 14.3 Å². The van der Waals surface area contributed by atoms with Gasteiger partial charge in [0.1, 0.15) is 6.10 Å². The van der Waals surface area contributed by atoms with Crippen LogP contribution in [0.25, 0.3) is 0 Å². The minimum atomic E-state index is -3.47. The van der Waals surface area contributed by atoms with Crippen LogP contribution in [0.5, 0.6) is 0 Å². The number of hydrogen-bond acceptors (Lipinski definition) is 8. The van der Waals surface area contributed by atoms with Crippen LogP contribution < -0.4 is 10.4 Å². The van der Waals surface area contributed by atoms with Crippen LogP contribution in [0.1, 0.15) is 71.3 Å². The zero-order valence-electron chi connectivity index (χ0n) is 32.5. The summed E-state index contributed by atoms with van der Waals surface area (Å²) in [5.74, 6) is -0.149. The summed E-state index contributed by atoms with van der Waals surface area (Å²) in [6.07, 6.45) is 2.45. The molecule has 55 heavy (non-hydrogen) atoms. The molecule has 0 bridgehead atoms. The Bertz CT molecular complexity index is 1850. The zero-order valence-corrected chi connectivity index (χ0v) is 34.3. The Morgan fingerprint density at radius 2 is 1.44 bits per heavy atom. The number of aliphatic hydroxyl groups is 1. The third-order valence-corrected chi connectivity index (χ3v) is 18.2. The Balaban J connectivity index is 1.13. The summed E-state index contributed by atoms with van der Waals surface area (Å²) in [5.41, 5.74) is 1.08. The highest BCUT2D eigenvalue weighted by Crippen LogP contribution is 2.41. The number of carbonyl (C=O) groups is 1. The summed E-state index contributed by atoms with van der Waals surface area (Å²) in [5, 5.41) is 15.6. The molecular formula is C45H57NO7SSi. The first-order valence-electron chi connectivity index (χ1n) is 19.8. The number of Topliss-reactive ketones (excluding diaryl/α,β-unsaturated/α-hetero) is 1. The highest BCUT2D eigenvalue weighted by molar-refractivity contribution is 7.91. The number of carbonyl (C=O) groups excluding carboxylic acids is 1. The first-order chi connectivity index (χ1) is 26.5. The Hall–Kier alpha value is -3.48. The molecule has 0 unspecified atom stereocenters. The molecule has 6 rings (SSSR count). The predicted octanol–water partition coefficient (Wildman–Crippen LogP) is 6.90. The molecular weight excluding hydrogens is 727 g/mol. The van der Waals surface area contributed by atoms with E-state index in [1.807, 2.05) is 47.5 Å². The molecule has 4 aromatic rings. The van der Waals surface area contributed by atoms with E-state index in [1.54, 1.807) is 30.3 Å². The number of benzene rings is 4. The monoisotopic (exact) mass is 783 g/mol. The fourth-order valence-electron chi connectivity index (χ4n) is 8.61. The number of piperidine rings is 1. The maximum absolute atomic E-state index is 14.0. The Morgan fingerprint density at radius 3 is 2.04 bits per heavy atom. The summed E-state index contributed by atoms with van der Waals surface area (Å²) in [7, 11) is -6.27. The van der Waals surface area contributed by atoms with Crippen LogP contribution in [-0.4, -0.2) is 75.9 Å².